The first kappa shape index (κ1) is 29.0. The van der Waals surface area contributed by atoms with Crippen molar-refractivity contribution in [1.29, 1.82) is 0 Å². The summed E-state index contributed by atoms with van der Waals surface area (Å²) in [5.41, 5.74) is 2.87. The fourth-order valence-corrected chi connectivity index (χ4v) is 7.41. The van der Waals surface area contributed by atoms with Crippen LogP contribution in [0.15, 0.2) is 47.8 Å². The Labute approximate surface area is 253 Å². The van der Waals surface area contributed by atoms with Gasteiger partial charge in [0.1, 0.15) is 5.75 Å². The Morgan fingerprint density at radius 2 is 1.90 bits per heavy atom. The topological polar surface area (TPSA) is 62.3 Å². The highest BCUT2D eigenvalue weighted by Gasteiger charge is 2.56. The maximum absolute atomic E-state index is 12.8. The van der Waals surface area contributed by atoms with Gasteiger partial charge in [0, 0.05) is 54.4 Å². The van der Waals surface area contributed by atoms with Gasteiger partial charge in [-0.3, -0.25) is 19.4 Å². The zero-order chi connectivity index (χ0) is 29.1. The van der Waals surface area contributed by atoms with Crippen molar-refractivity contribution >= 4 is 44.7 Å². The predicted molar refractivity (Wildman–Crippen MR) is 170 cm³/mol. The highest BCUT2D eigenvalue weighted by Crippen LogP contribution is 2.55. The molecule has 42 heavy (non-hydrogen) atoms. The molecule has 2 unspecified atom stereocenters. The van der Waals surface area contributed by atoms with Gasteiger partial charge in [0.2, 0.25) is 5.91 Å². The number of hydrogen-bond acceptors (Lipinski definition) is 7. The second-order valence-corrected chi connectivity index (χ2v) is 13.2. The first-order valence-electron chi connectivity index (χ1n) is 15.6. The number of rotatable bonds is 12. The third-order valence-corrected chi connectivity index (χ3v) is 10.3. The van der Waals surface area contributed by atoms with Crippen molar-refractivity contribution in [3.63, 3.8) is 0 Å². The van der Waals surface area contributed by atoms with Crippen molar-refractivity contribution in [3.05, 3.63) is 53.4 Å². The van der Waals surface area contributed by atoms with E-state index in [1.165, 1.54) is 15.8 Å². The summed E-state index contributed by atoms with van der Waals surface area (Å²) < 4.78 is 13.2. The summed E-state index contributed by atoms with van der Waals surface area (Å²) in [4.78, 5) is 32.3. The van der Waals surface area contributed by atoms with E-state index in [0.717, 1.165) is 81.8 Å². The molecule has 7 nitrogen and oxygen atoms in total. The van der Waals surface area contributed by atoms with Gasteiger partial charge in [-0.1, -0.05) is 25.5 Å². The van der Waals surface area contributed by atoms with Crippen LogP contribution in [0.4, 0.5) is 11.4 Å². The summed E-state index contributed by atoms with van der Waals surface area (Å²) in [6.45, 7) is 10.1. The summed E-state index contributed by atoms with van der Waals surface area (Å²) in [7, 11) is 0. The third-order valence-electron chi connectivity index (χ3n) is 9.42. The monoisotopic (exact) mass is 589 g/mol. The largest absolute Gasteiger partial charge is 0.494 e. The minimum Gasteiger partial charge on any atom is -0.494 e. The van der Waals surface area contributed by atoms with Gasteiger partial charge in [0.05, 0.1) is 17.7 Å². The van der Waals surface area contributed by atoms with Crippen LogP contribution in [0.3, 0.4) is 0 Å². The number of hydrogen-bond donors (Lipinski definition) is 0. The molecule has 3 aromatic rings. The van der Waals surface area contributed by atoms with E-state index in [9.17, 15) is 9.59 Å². The summed E-state index contributed by atoms with van der Waals surface area (Å²) in [5.74, 6) is 0.962. The number of anilines is 2. The molecule has 0 N–H and O–H groups in total. The average Bonchev–Trinajstić information content (AvgIpc) is 3.42. The van der Waals surface area contributed by atoms with E-state index in [2.05, 4.69) is 46.4 Å². The van der Waals surface area contributed by atoms with E-state index in [0.29, 0.717) is 25.4 Å². The predicted octanol–water partition coefficient (Wildman–Crippen LogP) is 6.49. The van der Waals surface area contributed by atoms with Gasteiger partial charge >= 0.3 is 5.97 Å². The van der Waals surface area contributed by atoms with E-state index < -0.39 is 5.41 Å². The lowest BCUT2D eigenvalue weighted by molar-refractivity contribution is -0.150. The maximum Gasteiger partial charge on any atom is 0.313 e. The number of piperazine rings is 1. The van der Waals surface area contributed by atoms with E-state index >= 15 is 0 Å². The zero-order valence-electron chi connectivity index (χ0n) is 25.0. The molecule has 2 aromatic carbocycles. The van der Waals surface area contributed by atoms with Crippen LogP contribution in [0.1, 0.15) is 57.9 Å². The van der Waals surface area contributed by atoms with Crippen molar-refractivity contribution < 1.29 is 19.1 Å². The molecule has 1 aromatic heterocycles. The molecule has 2 fully saturated rings. The Morgan fingerprint density at radius 1 is 1.05 bits per heavy atom. The number of benzene rings is 2. The minimum atomic E-state index is -0.394. The van der Waals surface area contributed by atoms with Crippen molar-refractivity contribution in [2.75, 3.05) is 55.9 Å². The van der Waals surface area contributed by atoms with Crippen LogP contribution in [-0.2, 0) is 20.7 Å². The molecule has 1 saturated carbocycles. The fraction of sp³-hybridized carbons (Fsp3) is 0.529. The van der Waals surface area contributed by atoms with E-state index in [4.69, 9.17) is 9.47 Å². The van der Waals surface area contributed by atoms with Gasteiger partial charge in [0.15, 0.2) is 6.73 Å². The number of fused-ring (bicyclic) bond motifs is 2. The molecular formula is C34H43N3O4S. The Bertz CT molecular complexity index is 1410. The molecule has 1 saturated heterocycles. The van der Waals surface area contributed by atoms with Crippen molar-refractivity contribution in [1.82, 2.24) is 4.90 Å². The Morgan fingerprint density at radius 3 is 2.74 bits per heavy atom. The van der Waals surface area contributed by atoms with Crippen molar-refractivity contribution in [2.24, 2.45) is 11.3 Å². The quantitative estimate of drug-likeness (QED) is 0.178. The van der Waals surface area contributed by atoms with Crippen molar-refractivity contribution in [3.8, 4) is 5.75 Å². The summed E-state index contributed by atoms with van der Waals surface area (Å²) in [6.07, 6.45) is 6.18. The molecule has 8 heteroatoms. The van der Waals surface area contributed by atoms with E-state index in [-0.39, 0.29) is 18.6 Å². The van der Waals surface area contributed by atoms with Crippen LogP contribution in [0, 0.1) is 11.3 Å². The fourth-order valence-electron chi connectivity index (χ4n) is 6.60. The number of esters is 1. The minimum absolute atomic E-state index is 0.00870. The van der Waals surface area contributed by atoms with Crippen LogP contribution in [-0.4, -0.2) is 62.8 Å². The lowest BCUT2D eigenvalue weighted by Crippen LogP contribution is -2.46. The molecule has 3 aliphatic rings. The molecule has 1 amide bonds. The van der Waals surface area contributed by atoms with Gasteiger partial charge in [-0.15, -0.1) is 11.3 Å². The number of aryl methyl sites for hydroxylation is 1. The van der Waals surface area contributed by atoms with Crippen LogP contribution in [0.2, 0.25) is 0 Å². The van der Waals surface area contributed by atoms with Crippen molar-refractivity contribution in [2.45, 2.75) is 58.8 Å². The molecule has 1 aliphatic carbocycles. The van der Waals surface area contributed by atoms with Gasteiger partial charge in [-0.2, -0.15) is 0 Å². The SMILES string of the molecule is CCCC1CC1(C)C(=O)OCN1C(=O)CCc2ccc(OCCCCN3CCN(c4cccc5sccc45)CC3)cc21. The Kier molecular flexibility index (Phi) is 8.72. The van der Waals surface area contributed by atoms with E-state index in [1.807, 2.05) is 36.5 Å². The maximum atomic E-state index is 12.8. The molecular weight excluding hydrogens is 546 g/mol. The number of thiophene rings is 1. The molecule has 6 rings (SSSR count). The second kappa shape index (κ2) is 12.6. The van der Waals surface area contributed by atoms with Gasteiger partial charge in [-0.25, -0.2) is 0 Å². The van der Waals surface area contributed by atoms with Crippen LogP contribution in [0.5, 0.6) is 5.75 Å². The number of nitrogens with zero attached hydrogens (tertiary/aromatic N) is 3. The van der Waals surface area contributed by atoms with Gasteiger partial charge in [0.25, 0.3) is 0 Å². The molecule has 2 atom stereocenters. The zero-order valence-corrected chi connectivity index (χ0v) is 25.8. The standard InChI is InChI=1S/C34H43N3O4S/c1-3-7-26-23-34(26,2)33(39)41-24-37-30-22-27(12-10-25(30)11-13-32(37)38)40-20-5-4-15-35-16-18-36(19-17-35)29-8-6-9-31-28(29)14-21-42-31/h6,8-10,12,14,21-22,26H,3-5,7,11,13,15-20,23-24H2,1-2H3. The van der Waals surface area contributed by atoms with Gasteiger partial charge < -0.3 is 14.4 Å². The summed E-state index contributed by atoms with van der Waals surface area (Å²) in [5, 5.41) is 3.55. The highest BCUT2D eigenvalue weighted by molar-refractivity contribution is 7.17. The average molecular weight is 590 g/mol. The molecule has 2 aliphatic heterocycles. The van der Waals surface area contributed by atoms with Crippen LogP contribution < -0.4 is 14.5 Å². The number of amides is 1. The highest BCUT2D eigenvalue weighted by atomic mass is 32.1. The Balaban J connectivity index is 0.945. The number of carbonyl (C=O) groups is 2. The smallest absolute Gasteiger partial charge is 0.313 e. The van der Waals surface area contributed by atoms with Gasteiger partial charge in [-0.05, 0) is 86.7 Å². The first-order valence-corrected chi connectivity index (χ1v) is 16.5. The Hall–Kier alpha value is -3.10. The molecule has 3 heterocycles. The summed E-state index contributed by atoms with van der Waals surface area (Å²) in [6, 6.07) is 14.8. The summed E-state index contributed by atoms with van der Waals surface area (Å²) >= 11 is 1.81. The lowest BCUT2D eigenvalue weighted by Gasteiger charge is -2.36. The molecule has 0 spiro atoms. The normalized spacial score (nSPS) is 22.3. The number of unbranched alkanes of at least 4 members (excludes halogenated alkanes) is 1. The van der Waals surface area contributed by atoms with Crippen LogP contribution >= 0.6 is 11.3 Å². The van der Waals surface area contributed by atoms with E-state index in [1.54, 1.807) is 4.90 Å². The molecule has 0 radical (unpaired) electrons. The second-order valence-electron chi connectivity index (χ2n) is 12.3. The molecule has 0 bridgehead atoms. The molecule has 224 valence electrons. The first-order chi connectivity index (χ1) is 20.5. The van der Waals surface area contributed by atoms with Crippen LogP contribution in [0.25, 0.3) is 10.1 Å². The number of carbonyl (C=O) groups excluding carboxylic acids is 2. The lowest BCUT2D eigenvalue weighted by atomic mass is 10.0. The third kappa shape index (κ3) is 6.16. The number of ether oxygens (including phenoxy) is 2.